The fraction of sp³-hybridized carbons (Fsp3) is 0.200. The van der Waals surface area contributed by atoms with Crippen LogP contribution in [0.3, 0.4) is 0 Å². The van der Waals surface area contributed by atoms with E-state index in [4.69, 9.17) is 5.73 Å². The Kier molecular flexibility index (Phi) is 2.30. The number of thiophene rings is 1. The van der Waals surface area contributed by atoms with Gasteiger partial charge in [-0.2, -0.15) is 0 Å². The van der Waals surface area contributed by atoms with Crippen molar-refractivity contribution >= 4 is 43.0 Å². The highest BCUT2D eigenvalue weighted by molar-refractivity contribution is 9.10. The molecule has 0 aliphatic carbocycles. The molecule has 1 heterocycles. The van der Waals surface area contributed by atoms with Crippen molar-refractivity contribution in [2.75, 3.05) is 5.73 Å². The van der Waals surface area contributed by atoms with Crippen LogP contribution >= 0.6 is 27.3 Å². The number of fused-ring (bicyclic) bond motifs is 1. The third kappa shape index (κ3) is 1.46. The normalized spacial score (nSPS) is 10.9. The molecule has 0 bridgehead atoms. The van der Waals surface area contributed by atoms with Crippen LogP contribution in [-0.2, 0) is 6.42 Å². The molecule has 1 aromatic heterocycles. The van der Waals surface area contributed by atoms with Crippen molar-refractivity contribution in [2.45, 2.75) is 13.3 Å². The lowest BCUT2D eigenvalue weighted by Gasteiger charge is -2.00. The Morgan fingerprint density at radius 2 is 2.23 bits per heavy atom. The molecule has 0 atom stereocenters. The first-order valence-electron chi connectivity index (χ1n) is 4.17. The minimum Gasteiger partial charge on any atom is -0.398 e. The molecule has 13 heavy (non-hydrogen) atoms. The summed E-state index contributed by atoms with van der Waals surface area (Å²) in [6.45, 7) is 2.15. The molecule has 0 radical (unpaired) electrons. The summed E-state index contributed by atoms with van der Waals surface area (Å²) in [5, 5.41) is 3.17. The number of nitrogens with two attached hydrogens (primary N) is 1. The van der Waals surface area contributed by atoms with Crippen LogP contribution in [0.4, 0.5) is 5.69 Å². The summed E-state index contributed by atoms with van der Waals surface area (Å²) < 4.78 is 2.40. The summed E-state index contributed by atoms with van der Waals surface area (Å²) in [6.07, 6.45) is 1.05. The first-order valence-corrected chi connectivity index (χ1v) is 5.84. The van der Waals surface area contributed by atoms with Crippen LogP contribution in [0.1, 0.15) is 12.5 Å². The van der Waals surface area contributed by atoms with E-state index in [1.165, 1.54) is 15.6 Å². The van der Waals surface area contributed by atoms with Gasteiger partial charge in [-0.25, -0.2) is 0 Å². The standard InChI is InChI=1S/C10H10BrNS/c1-2-6-3-7-9(12)5-13-10(7)8(11)4-6/h3-5H,2,12H2,1H3. The summed E-state index contributed by atoms with van der Waals surface area (Å²) in [5.74, 6) is 0. The second-order valence-corrected chi connectivity index (χ2v) is 4.73. The lowest BCUT2D eigenvalue weighted by atomic mass is 10.1. The van der Waals surface area contributed by atoms with E-state index in [9.17, 15) is 0 Å². The number of hydrogen-bond acceptors (Lipinski definition) is 2. The smallest absolute Gasteiger partial charge is 0.0506 e. The quantitative estimate of drug-likeness (QED) is 0.824. The maximum Gasteiger partial charge on any atom is 0.0506 e. The van der Waals surface area contributed by atoms with E-state index in [2.05, 4.69) is 35.0 Å². The molecule has 0 spiro atoms. The van der Waals surface area contributed by atoms with Crippen LogP contribution in [0.5, 0.6) is 0 Å². The highest BCUT2D eigenvalue weighted by Gasteiger charge is 2.05. The summed E-state index contributed by atoms with van der Waals surface area (Å²) in [6, 6.07) is 4.34. The van der Waals surface area contributed by atoms with E-state index in [0.717, 1.165) is 16.6 Å². The Balaban J connectivity index is 2.80. The maximum atomic E-state index is 5.86. The largest absolute Gasteiger partial charge is 0.398 e. The minimum atomic E-state index is 0.885. The molecule has 0 saturated heterocycles. The lowest BCUT2D eigenvalue weighted by Crippen LogP contribution is -1.84. The molecule has 1 aromatic carbocycles. The molecule has 0 saturated carbocycles. The summed E-state index contributed by atoms with van der Waals surface area (Å²) >= 11 is 5.24. The second-order valence-electron chi connectivity index (χ2n) is 3.00. The molecule has 0 aliphatic rings. The predicted molar refractivity (Wildman–Crippen MR) is 63.3 cm³/mol. The SMILES string of the molecule is CCc1cc(Br)c2scc(N)c2c1. The van der Waals surface area contributed by atoms with Crippen LogP contribution in [0.2, 0.25) is 0 Å². The van der Waals surface area contributed by atoms with Crippen molar-refractivity contribution in [1.82, 2.24) is 0 Å². The Morgan fingerprint density at radius 3 is 2.92 bits per heavy atom. The Bertz CT molecular complexity index is 447. The van der Waals surface area contributed by atoms with Gasteiger partial charge in [-0.3, -0.25) is 0 Å². The fourth-order valence-corrected chi connectivity index (χ4v) is 3.01. The van der Waals surface area contributed by atoms with Gasteiger partial charge in [-0.05, 0) is 40.0 Å². The predicted octanol–water partition coefficient (Wildman–Crippen LogP) is 3.81. The number of halogens is 1. The molecule has 2 N–H and O–H groups in total. The van der Waals surface area contributed by atoms with Crippen molar-refractivity contribution in [3.8, 4) is 0 Å². The average molecular weight is 256 g/mol. The van der Waals surface area contributed by atoms with E-state index in [1.54, 1.807) is 11.3 Å². The van der Waals surface area contributed by atoms with Crippen LogP contribution in [0, 0.1) is 0 Å². The second kappa shape index (κ2) is 3.31. The van der Waals surface area contributed by atoms with Crippen LogP contribution in [-0.4, -0.2) is 0 Å². The van der Waals surface area contributed by atoms with Crippen molar-refractivity contribution in [3.63, 3.8) is 0 Å². The third-order valence-corrected chi connectivity index (χ3v) is 4.06. The van der Waals surface area contributed by atoms with Crippen molar-refractivity contribution in [2.24, 2.45) is 0 Å². The molecule has 0 amide bonds. The summed E-state index contributed by atoms with van der Waals surface area (Å²) in [5.41, 5.74) is 8.07. The van der Waals surface area contributed by atoms with Crippen LogP contribution < -0.4 is 5.73 Å². The highest BCUT2D eigenvalue weighted by atomic mass is 79.9. The monoisotopic (exact) mass is 255 g/mol. The van der Waals surface area contributed by atoms with Crippen molar-refractivity contribution in [1.29, 1.82) is 0 Å². The molecule has 1 nitrogen and oxygen atoms in total. The molecular formula is C10H10BrNS. The zero-order valence-corrected chi connectivity index (χ0v) is 9.71. The van der Waals surface area contributed by atoms with Gasteiger partial charge in [0.25, 0.3) is 0 Å². The average Bonchev–Trinajstić information content (AvgIpc) is 2.48. The van der Waals surface area contributed by atoms with Gasteiger partial charge in [0.15, 0.2) is 0 Å². The van der Waals surface area contributed by atoms with Gasteiger partial charge in [0.2, 0.25) is 0 Å². The summed E-state index contributed by atoms with van der Waals surface area (Å²) in [7, 11) is 0. The van der Waals surface area contributed by atoms with E-state index in [0.29, 0.717) is 0 Å². The number of hydrogen-bond donors (Lipinski definition) is 1. The van der Waals surface area contributed by atoms with Crippen LogP contribution in [0.15, 0.2) is 22.0 Å². The topological polar surface area (TPSA) is 26.0 Å². The molecule has 68 valence electrons. The van der Waals surface area contributed by atoms with E-state index in [-0.39, 0.29) is 0 Å². The minimum absolute atomic E-state index is 0.885. The lowest BCUT2D eigenvalue weighted by molar-refractivity contribution is 1.14. The van der Waals surface area contributed by atoms with Crippen molar-refractivity contribution in [3.05, 3.63) is 27.5 Å². The number of nitrogen functional groups attached to an aromatic ring is 1. The molecule has 2 rings (SSSR count). The van der Waals surface area contributed by atoms with Gasteiger partial charge in [0, 0.05) is 15.2 Å². The maximum absolute atomic E-state index is 5.86. The summed E-state index contributed by atoms with van der Waals surface area (Å²) in [4.78, 5) is 0. The molecule has 0 unspecified atom stereocenters. The number of benzene rings is 1. The Hall–Kier alpha value is -0.540. The van der Waals surface area contributed by atoms with Gasteiger partial charge >= 0.3 is 0 Å². The van der Waals surface area contributed by atoms with E-state index >= 15 is 0 Å². The Morgan fingerprint density at radius 1 is 1.46 bits per heavy atom. The van der Waals surface area contributed by atoms with E-state index < -0.39 is 0 Å². The van der Waals surface area contributed by atoms with E-state index in [1.807, 2.05) is 5.38 Å². The van der Waals surface area contributed by atoms with Gasteiger partial charge in [0.1, 0.15) is 0 Å². The molecule has 0 aliphatic heterocycles. The van der Waals surface area contributed by atoms with Gasteiger partial charge in [-0.1, -0.05) is 6.92 Å². The number of anilines is 1. The molecule has 0 fully saturated rings. The highest BCUT2D eigenvalue weighted by Crippen LogP contribution is 2.35. The first kappa shape index (κ1) is 9.03. The molecular weight excluding hydrogens is 246 g/mol. The van der Waals surface area contributed by atoms with Crippen LogP contribution in [0.25, 0.3) is 10.1 Å². The zero-order chi connectivity index (χ0) is 9.42. The third-order valence-electron chi connectivity index (χ3n) is 2.13. The van der Waals surface area contributed by atoms with Gasteiger partial charge in [0.05, 0.1) is 10.4 Å². The molecule has 2 aromatic rings. The number of aryl methyl sites for hydroxylation is 1. The first-order chi connectivity index (χ1) is 6.22. The number of rotatable bonds is 1. The van der Waals surface area contributed by atoms with Crippen molar-refractivity contribution < 1.29 is 0 Å². The van der Waals surface area contributed by atoms with Gasteiger partial charge in [-0.15, -0.1) is 11.3 Å². The Labute approximate surface area is 89.7 Å². The zero-order valence-electron chi connectivity index (χ0n) is 7.30. The van der Waals surface area contributed by atoms with Gasteiger partial charge < -0.3 is 5.73 Å². The fourth-order valence-electron chi connectivity index (χ4n) is 1.37. The molecule has 3 heteroatoms.